The van der Waals surface area contributed by atoms with Crippen molar-refractivity contribution in [1.82, 2.24) is 0 Å². The van der Waals surface area contributed by atoms with E-state index in [1.54, 1.807) is 19.1 Å². The van der Waals surface area contributed by atoms with Gasteiger partial charge in [0.1, 0.15) is 11.5 Å². The third-order valence-corrected chi connectivity index (χ3v) is 3.45. The average Bonchev–Trinajstić information content (AvgIpc) is 2.10. The zero-order chi connectivity index (χ0) is 11.8. The molecule has 0 bridgehead atoms. The highest BCUT2D eigenvalue weighted by molar-refractivity contribution is 5.47. The Morgan fingerprint density at radius 1 is 1.07 bits per heavy atom. The fraction of sp³-hybridized carbons (Fsp3) is 0.538. The Hall–Kier alpha value is -1.18. The number of hydrogen-bond acceptors (Lipinski definition) is 2. The van der Waals surface area contributed by atoms with E-state index in [9.17, 15) is 10.2 Å². The third kappa shape index (κ3) is 2.09. The molecule has 15 heavy (non-hydrogen) atoms. The molecule has 2 N–H and O–H groups in total. The summed E-state index contributed by atoms with van der Waals surface area (Å²) in [6.45, 7) is 10.1. The second-order valence-corrected chi connectivity index (χ2v) is 5.03. The molecule has 0 saturated carbocycles. The molecular formula is C13H20O2. The molecule has 1 rings (SSSR count). The Morgan fingerprint density at radius 2 is 1.60 bits per heavy atom. The summed E-state index contributed by atoms with van der Waals surface area (Å²) in [7, 11) is 0. The SMILES string of the molecule is Cc1cc(O)c(C(C)(C)C(C)C)cc1O. The van der Waals surface area contributed by atoms with E-state index in [4.69, 9.17) is 0 Å². The molecule has 0 aromatic heterocycles. The summed E-state index contributed by atoms with van der Waals surface area (Å²) in [5.74, 6) is 0.908. The van der Waals surface area contributed by atoms with Crippen LogP contribution < -0.4 is 0 Å². The van der Waals surface area contributed by atoms with Crippen molar-refractivity contribution in [2.75, 3.05) is 0 Å². The molecule has 2 nitrogen and oxygen atoms in total. The molecule has 0 saturated heterocycles. The highest BCUT2D eigenvalue weighted by Gasteiger charge is 2.28. The standard InChI is InChI=1S/C13H20O2/c1-8(2)13(4,5)10-7-11(14)9(3)6-12(10)15/h6-8,14-15H,1-5H3. The predicted molar refractivity (Wildman–Crippen MR) is 62.4 cm³/mol. The normalized spacial score (nSPS) is 12.1. The van der Waals surface area contributed by atoms with Gasteiger partial charge in [0.2, 0.25) is 0 Å². The first kappa shape index (κ1) is 11.9. The molecule has 1 aromatic rings. The minimum absolute atomic E-state index is 0.144. The molecule has 0 amide bonds. The molecular weight excluding hydrogens is 188 g/mol. The molecule has 0 aliphatic carbocycles. The fourth-order valence-electron chi connectivity index (χ4n) is 1.51. The molecule has 0 heterocycles. The van der Waals surface area contributed by atoms with Crippen molar-refractivity contribution in [1.29, 1.82) is 0 Å². The van der Waals surface area contributed by atoms with E-state index in [1.807, 2.05) is 0 Å². The summed E-state index contributed by atoms with van der Waals surface area (Å²) in [4.78, 5) is 0. The van der Waals surface area contributed by atoms with Crippen LogP contribution in [0, 0.1) is 12.8 Å². The van der Waals surface area contributed by atoms with Gasteiger partial charge in [-0.3, -0.25) is 0 Å². The molecule has 0 unspecified atom stereocenters. The van der Waals surface area contributed by atoms with E-state index in [2.05, 4.69) is 27.7 Å². The molecule has 0 aliphatic rings. The lowest BCUT2D eigenvalue weighted by atomic mass is 9.74. The maximum Gasteiger partial charge on any atom is 0.119 e. The van der Waals surface area contributed by atoms with Gasteiger partial charge in [0, 0.05) is 5.56 Å². The van der Waals surface area contributed by atoms with Gasteiger partial charge in [-0.05, 0) is 36.0 Å². The van der Waals surface area contributed by atoms with Gasteiger partial charge < -0.3 is 10.2 Å². The Bertz CT molecular complexity index is 365. The lowest BCUT2D eigenvalue weighted by molar-refractivity contribution is 0.348. The van der Waals surface area contributed by atoms with Gasteiger partial charge in [0.05, 0.1) is 0 Å². The molecule has 84 valence electrons. The van der Waals surface area contributed by atoms with Crippen molar-refractivity contribution in [3.8, 4) is 11.5 Å². The van der Waals surface area contributed by atoms with E-state index >= 15 is 0 Å². The van der Waals surface area contributed by atoms with E-state index in [0.717, 1.165) is 5.56 Å². The van der Waals surface area contributed by atoms with Gasteiger partial charge in [-0.15, -0.1) is 0 Å². The zero-order valence-electron chi connectivity index (χ0n) is 10.1. The van der Waals surface area contributed by atoms with Crippen molar-refractivity contribution < 1.29 is 10.2 Å². The minimum Gasteiger partial charge on any atom is -0.508 e. The Morgan fingerprint density at radius 3 is 2.07 bits per heavy atom. The molecule has 0 fully saturated rings. The summed E-state index contributed by atoms with van der Waals surface area (Å²) < 4.78 is 0. The second kappa shape index (κ2) is 3.76. The Labute approximate surface area is 91.6 Å². The van der Waals surface area contributed by atoms with Crippen LogP contribution in [0.4, 0.5) is 0 Å². The lowest BCUT2D eigenvalue weighted by Crippen LogP contribution is -2.24. The number of aromatic hydroxyl groups is 2. The molecule has 0 atom stereocenters. The van der Waals surface area contributed by atoms with E-state index in [-0.39, 0.29) is 16.9 Å². The van der Waals surface area contributed by atoms with Crippen LogP contribution in [0.3, 0.4) is 0 Å². The van der Waals surface area contributed by atoms with Gasteiger partial charge in [0.25, 0.3) is 0 Å². The van der Waals surface area contributed by atoms with E-state index in [0.29, 0.717) is 11.5 Å². The first-order chi connectivity index (χ1) is 6.76. The minimum atomic E-state index is -0.144. The zero-order valence-corrected chi connectivity index (χ0v) is 10.1. The van der Waals surface area contributed by atoms with E-state index < -0.39 is 0 Å². The van der Waals surface area contributed by atoms with Crippen LogP contribution in [0.2, 0.25) is 0 Å². The van der Waals surface area contributed by atoms with Crippen molar-refractivity contribution in [3.05, 3.63) is 23.3 Å². The number of rotatable bonds is 2. The lowest BCUT2D eigenvalue weighted by Gasteiger charge is -2.30. The highest BCUT2D eigenvalue weighted by Crippen LogP contribution is 2.39. The number of phenolic OH excluding ortho intramolecular Hbond substituents is 2. The summed E-state index contributed by atoms with van der Waals surface area (Å²) in [6.07, 6.45) is 0. The number of phenols is 2. The summed E-state index contributed by atoms with van der Waals surface area (Å²) in [6, 6.07) is 3.29. The van der Waals surface area contributed by atoms with E-state index in [1.165, 1.54) is 0 Å². The van der Waals surface area contributed by atoms with Gasteiger partial charge >= 0.3 is 0 Å². The average molecular weight is 208 g/mol. The van der Waals surface area contributed by atoms with Crippen LogP contribution in [0.15, 0.2) is 12.1 Å². The van der Waals surface area contributed by atoms with Gasteiger partial charge in [0.15, 0.2) is 0 Å². The third-order valence-electron chi connectivity index (χ3n) is 3.45. The van der Waals surface area contributed by atoms with Gasteiger partial charge in [-0.25, -0.2) is 0 Å². The van der Waals surface area contributed by atoms with Gasteiger partial charge in [-0.1, -0.05) is 27.7 Å². The van der Waals surface area contributed by atoms with Crippen LogP contribution in [0.5, 0.6) is 11.5 Å². The monoisotopic (exact) mass is 208 g/mol. The van der Waals surface area contributed by atoms with Crippen molar-refractivity contribution in [2.24, 2.45) is 5.92 Å². The first-order valence-corrected chi connectivity index (χ1v) is 5.30. The summed E-state index contributed by atoms with van der Waals surface area (Å²) in [5.41, 5.74) is 1.37. The number of aryl methyl sites for hydroxylation is 1. The number of benzene rings is 1. The van der Waals surface area contributed by atoms with Gasteiger partial charge in [-0.2, -0.15) is 0 Å². The number of hydrogen-bond donors (Lipinski definition) is 2. The summed E-state index contributed by atoms with van der Waals surface area (Å²) in [5, 5.41) is 19.5. The van der Waals surface area contributed by atoms with Crippen molar-refractivity contribution in [3.63, 3.8) is 0 Å². The van der Waals surface area contributed by atoms with Crippen molar-refractivity contribution in [2.45, 2.75) is 40.0 Å². The molecule has 0 aliphatic heterocycles. The Kier molecular flexibility index (Phi) is 2.98. The van der Waals surface area contributed by atoms with Crippen LogP contribution in [0.25, 0.3) is 0 Å². The highest BCUT2D eigenvalue weighted by atomic mass is 16.3. The maximum absolute atomic E-state index is 9.89. The smallest absolute Gasteiger partial charge is 0.119 e. The van der Waals surface area contributed by atoms with Crippen LogP contribution in [-0.4, -0.2) is 10.2 Å². The molecule has 0 spiro atoms. The molecule has 0 radical (unpaired) electrons. The first-order valence-electron chi connectivity index (χ1n) is 5.30. The largest absolute Gasteiger partial charge is 0.508 e. The Balaban J connectivity index is 3.32. The molecule has 2 heteroatoms. The van der Waals surface area contributed by atoms with Crippen LogP contribution in [-0.2, 0) is 5.41 Å². The van der Waals surface area contributed by atoms with Crippen LogP contribution >= 0.6 is 0 Å². The molecule has 1 aromatic carbocycles. The fourth-order valence-corrected chi connectivity index (χ4v) is 1.51. The predicted octanol–water partition coefficient (Wildman–Crippen LogP) is 3.34. The summed E-state index contributed by atoms with van der Waals surface area (Å²) >= 11 is 0. The maximum atomic E-state index is 9.89. The second-order valence-electron chi connectivity index (χ2n) is 5.03. The topological polar surface area (TPSA) is 40.5 Å². The van der Waals surface area contributed by atoms with Crippen LogP contribution in [0.1, 0.15) is 38.8 Å². The quantitative estimate of drug-likeness (QED) is 0.732. The van der Waals surface area contributed by atoms with Crippen molar-refractivity contribution >= 4 is 0 Å².